The normalized spacial score (nSPS) is 11.8. The molecule has 0 saturated carbocycles. The minimum Gasteiger partial charge on any atom is -0.465 e. The molecule has 0 aliphatic rings. The van der Waals surface area contributed by atoms with Crippen LogP contribution in [0.3, 0.4) is 0 Å². The van der Waals surface area contributed by atoms with Gasteiger partial charge in [0.05, 0.1) is 12.0 Å². The number of halogens is 1. The lowest BCUT2D eigenvalue weighted by molar-refractivity contribution is 0.0954. The van der Waals surface area contributed by atoms with Crippen LogP contribution in [0, 0.1) is 5.82 Å². The zero-order chi connectivity index (χ0) is 14.4. The molecular formula is C15H13FN2O2. The summed E-state index contributed by atoms with van der Waals surface area (Å²) in [4.78, 5) is 11.7. The molecule has 0 spiro atoms. The number of rotatable bonds is 4. The summed E-state index contributed by atoms with van der Waals surface area (Å²) in [6, 6.07) is 8.99. The van der Waals surface area contributed by atoms with Crippen LogP contribution >= 0.6 is 0 Å². The Balaban J connectivity index is 1.96. The van der Waals surface area contributed by atoms with Crippen molar-refractivity contribution in [1.29, 1.82) is 0 Å². The van der Waals surface area contributed by atoms with Crippen molar-refractivity contribution in [1.82, 2.24) is 5.43 Å². The van der Waals surface area contributed by atoms with Crippen molar-refractivity contribution in [3.05, 3.63) is 65.9 Å². The van der Waals surface area contributed by atoms with Crippen molar-refractivity contribution in [3.8, 4) is 0 Å². The van der Waals surface area contributed by atoms with Crippen molar-refractivity contribution in [3.63, 3.8) is 0 Å². The molecule has 1 aromatic carbocycles. The smallest absolute Gasteiger partial charge is 0.271 e. The van der Waals surface area contributed by atoms with Gasteiger partial charge in [0.1, 0.15) is 11.6 Å². The van der Waals surface area contributed by atoms with Crippen molar-refractivity contribution in [2.45, 2.75) is 6.92 Å². The molecule has 5 heteroatoms. The largest absolute Gasteiger partial charge is 0.465 e. The number of carbonyl (C=O) groups excluding carboxylic acids is 1. The number of carbonyl (C=O) groups is 1. The van der Waals surface area contributed by atoms with E-state index in [9.17, 15) is 9.18 Å². The molecule has 0 saturated heterocycles. The number of nitrogens with one attached hydrogen (secondary N) is 1. The molecule has 2 aromatic rings. The van der Waals surface area contributed by atoms with E-state index in [1.54, 1.807) is 37.5 Å². The molecule has 0 aliphatic heterocycles. The average Bonchev–Trinajstić information content (AvgIpc) is 2.95. The maximum Gasteiger partial charge on any atom is 0.271 e. The van der Waals surface area contributed by atoms with Crippen LogP contribution in [0.15, 0.2) is 58.3 Å². The highest BCUT2D eigenvalue weighted by atomic mass is 19.1. The van der Waals surface area contributed by atoms with E-state index in [1.807, 2.05) is 0 Å². The van der Waals surface area contributed by atoms with E-state index in [2.05, 4.69) is 10.5 Å². The molecule has 1 heterocycles. The fraction of sp³-hybridized carbons (Fsp3) is 0.0667. The monoisotopic (exact) mass is 272 g/mol. The summed E-state index contributed by atoms with van der Waals surface area (Å²) in [6.07, 6.45) is 5.00. The first-order valence-electron chi connectivity index (χ1n) is 5.97. The Morgan fingerprint density at radius 3 is 2.90 bits per heavy atom. The van der Waals surface area contributed by atoms with E-state index in [0.717, 1.165) is 6.07 Å². The highest BCUT2D eigenvalue weighted by Crippen LogP contribution is 2.04. The number of furan rings is 1. The molecule has 102 valence electrons. The second-order valence-corrected chi connectivity index (χ2v) is 4.05. The predicted molar refractivity (Wildman–Crippen MR) is 74.7 cm³/mol. The summed E-state index contributed by atoms with van der Waals surface area (Å²) < 4.78 is 18.1. The molecule has 0 atom stereocenters. The van der Waals surface area contributed by atoms with Gasteiger partial charge in [0, 0.05) is 5.56 Å². The van der Waals surface area contributed by atoms with Crippen molar-refractivity contribution in [2.75, 3.05) is 0 Å². The van der Waals surface area contributed by atoms with Crippen LogP contribution in [-0.4, -0.2) is 11.6 Å². The third-order valence-electron chi connectivity index (χ3n) is 2.45. The van der Waals surface area contributed by atoms with Gasteiger partial charge >= 0.3 is 0 Å². The highest BCUT2D eigenvalue weighted by Gasteiger charge is 2.04. The molecule has 2 rings (SSSR count). The van der Waals surface area contributed by atoms with Gasteiger partial charge in [-0.2, -0.15) is 5.10 Å². The second-order valence-electron chi connectivity index (χ2n) is 4.05. The van der Waals surface area contributed by atoms with E-state index in [4.69, 9.17) is 4.42 Å². The molecule has 0 fully saturated rings. The molecule has 0 unspecified atom stereocenters. The van der Waals surface area contributed by atoms with Crippen LogP contribution in [0.4, 0.5) is 4.39 Å². The van der Waals surface area contributed by atoms with Crippen LogP contribution in [0.2, 0.25) is 0 Å². The first-order chi connectivity index (χ1) is 9.65. The van der Waals surface area contributed by atoms with Crippen LogP contribution in [-0.2, 0) is 0 Å². The van der Waals surface area contributed by atoms with Gasteiger partial charge in [-0.15, -0.1) is 0 Å². The Kier molecular flexibility index (Phi) is 4.44. The third kappa shape index (κ3) is 3.91. The fourth-order valence-electron chi connectivity index (χ4n) is 1.46. The average molecular weight is 272 g/mol. The molecule has 0 radical (unpaired) electrons. The van der Waals surface area contributed by atoms with Crippen molar-refractivity contribution >= 4 is 17.7 Å². The lowest BCUT2D eigenvalue weighted by atomic mass is 10.2. The first kappa shape index (κ1) is 13.7. The number of hydrogen-bond acceptors (Lipinski definition) is 3. The highest BCUT2D eigenvalue weighted by molar-refractivity contribution is 5.99. The summed E-state index contributed by atoms with van der Waals surface area (Å²) in [5.41, 5.74) is 3.16. The van der Waals surface area contributed by atoms with Gasteiger partial charge in [0.15, 0.2) is 0 Å². The Labute approximate surface area is 115 Å². The van der Waals surface area contributed by atoms with E-state index < -0.39 is 11.7 Å². The number of amides is 1. The standard InChI is InChI=1S/C15H13FN2O2/c1-11(7-8-14-6-3-9-20-14)17-18-15(19)12-4-2-5-13(16)10-12/h2-10H,1H3,(H,18,19)/b8-7+,17-11-. The fourth-order valence-corrected chi connectivity index (χ4v) is 1.46. The molecular weight excluding hydrogens is 259 g/mol. The minimum atomic E-state index is -0.463. The molecule has 20 heavy (non-hydrogen) atoms. The zero-order valence-electron chi connectivity index (χ0n) is 10.8. The molecule has 1 aromatic heterocycles. The van der Waals surface area contributed by atoms with E-state index >= 15 is 0 Å². The number of hydrogen-bond donors (Lipinski definition) is 1. The van der Waals surface area contributed by atoms with Gasteiger partial charge in [-0.1, -0.05) is 6.07 Å². The lowest BCUT2D eigenvalue weighted by Crippen LogP contribution is -2.18. The zero-order valence-corrected chi connectivity index (χ0v) is 10.8. The number of benzene rings is 1. The number of hydrazone groups is 1. The molecule has 4 nitrogen and oxygen atoms in total. The molecule has 1 amide bonds. The SMILES string of the molecule is CC(/C=C/c1ccco1)=N/NC(=O)c1cccc(F)c1. The Bertz CT molecular complexity index is 646. The van der Waals surface area contributed by atoms with E-state index in [1.165, 1.54) is 18.2 Å². The van der Waals surface area contributed by atoms with Crippen molar-refractivity contribution < 1.29 is 13.6 Å². The summed E-state index contributed by atoms with van der Waals surface area (Å²) >= 11 is 0. The summed E-state index contributed by atoms with van der Waals surface area (Å²) in [7, 11) is 0. The van der Waals surface area contributed by atoms with Gasteiger partial charge < -0.3 is 4.42 Å². The van der Waals surface area contributed by atoms with Gasteiger partial charge in [0.2, 0.25) is 0 Å². The van der Waals surface area contributed by atoms with Crippen LogP contribution in [0.5, 0.6) is 0 Å². The lowest BCUT2D eigenvalue weighted by Gasteiger charge is -2.00. The Morgan fingerprint density at radius 1 is 1.35 bits per heavy atom. The van der Waals surface area contributed by atoms with E-state index in [0.29, 0.717) is 11.5 Å². The van der Waals surface area contributed by atoms with Gasteiger partial charge in [0.25, 0.3) is 5.91 Å². The van der Waals surface area contributed by atoms with Crippen molar-refractivity contribution in [2.24, 2.45) is 5.10 Å². The summed E-state index contributed by atoms with van der Waals surface area (Å²) in [5, 5.41) is 3.90. The maximum absolute atomic E-state index is 13.0. The quantitative estimate of drug-likeness (QED) is 0.686. The van der Waals surface area contributed by atoms with Gasteiger partial charge in [-0.3, -0.25) is 4.79 Å². The third-order valence-corrected chi connectivity index (χ3v) is 2.45. The molecule has 0 aliphatic carbocycles. The summed E-state index contributed by atoms with van der Waals surface area (Å²) in [5.74, 6) is -0.234. The first-order valence-corrected chi connectivity index (χ1v) is 5.97. The van der Waals surface area contributed by atoms with Crippen LogP contribution in [0.1, 0.15) is 23.0 Å². The topological polar surface area (TPSA) is 54.6 Å². The van der Waals surface area contributed by atoms with Crippen LogP contribution in [0.25, 0.3) is 6.08 Å². The minimum absolute atomic E-state index is 0.219. The van der Waals surface area contributed by atoms with Gasteiger partial charge in [-0.05, 0) is 49.4 Å². The summed E-state index contributed by atoms with van der Waals surface area (Å²) in [6.45, 7) is 1.73. The predicted octanol–water partition coefficient (Wildman–Crippen LogP) is 3.24. The number of nitrogens with zero attached hydrogens (tertiary/aromatic N) is 1. The van der Waals surface area contributed by atoms with Gasteiger partial charge in [-0.25, -0.2) is 9.82 Å². The van der Waals surface area contributed by atoms with Crippen LogP contribution < -0.4 is 5.43 Å². The molecule has 0 bridgehead atoms. The Morgan fingerprint density at radius 2 is 2.20 bits per heavy atom. The Hall–Kier alpha value is -2.69. The second kappa shape index (κ2) is 6.47. The number of allylic oxidation sites excluding steroid dienone is 1. The molecule has 1 N–H and O–H groups in total. The van der Waals surface area contributed by atoms with E-state index in [-0.39, 0.29) is 5.56 Å². The maximum atomic E-state index is 13.0.